The molecule has 1 N–H and O–H groups in total. The van der Waals surface area contributed by atoms with Gasteiger partial charge in [-0.2, -0.15) is 5.26 Å². The van der Waals surface area contributed by atoms with Gasteiger partial charge in [-0.3, -0.25) is 0 Å². The molecule has 0 aliphatic rings. The second-order valence-corrected chi connectivity index (χ2v) is 5.22. The molecule has 0 bridgehead atoms. The molecule has 0 amide bonds. The van der Waals surface area contributed by atoms with E-state index in [1.54, 1.807) is 0 Å². The molecule has 1 aromatic heterocycles. The number of aromatic nitrogens is 2. The predicted octanol–water partition coefficient (Wildman–Crippen LogP) is -0.195. The Morgan fingerprint density at radius 2 is 2.20 bits per heavy atom. The first kappa shape index (κ1) is 11.4. The highest BCUT2D eigenvalue weighted by molar-refractivity contribution is 7.90. The fourth-order valence-corrected chi connectivity index (χ4v) is 1.31. The minimum Gasteiger partial charge on any atom is -0.368 e. The topological polar surface area (TPSA) is 95.7 Å². The van der Waals surface area contributed by atoms with Crippen LogP contribution in [0.5, 0.6) is 0 Å². The summed E-state index contributed by atoms with van der Waals surface area (Å²) in [6, 6.07) is 1.84. The van der Waals surface area contributed by atoms with Crippen molar-refractivity contribution in [1.82, 2.24) is 9.97 Å². The number of nitrogens with zero attached hydrogens (tertiary/aromatic N) is 3. The molecule has 0 fully saturated rings. The van der Waals surface area contributed by atoms with Crippen LogP contribution in [0, 0.1) is 11.3 Å². The Balaban J connectivity index is 2.49. The molecule has 80 valence electrons. The van der Waals surface area contributed by atoms with Gasteiger partial charge in [0.2, 0.25) is 0 Å². The molecule has 0 unspecified atom stereocenters. The highest BCUT2D eigenvalue weighted by atomic mass is 32.2. The summed E-state index contributed by atoms with van der Waals surface area (Å²) in [5, 5.41) is 11.2. The van der Waals surface area contributed by atoms with Crippen LogP contribution < -0.4 is 5.32 Å². The summed E-state index contributed by atoms with van der Waals surface area (Å²) >= 11 is 0. The third kappa shape index (κ3) is 4.37. The van der Waals surface area contributed by atoms with Gasteiger partial charge >= 0.3 is 0 Å². The van der Waals surface area contributed by atoms with Gasteiger partial charge < -0.3 is 5.32 Å². The van der Waals surface area contributed by atoms with E-state index in [0.29, 0.717) is 5.82 Å². The summed E-state index contributed by atoms with van der Waals surface area (Å²) in [6.45, 7) is 0.277. The van der Waals surface area contributed by atoms with E-state index in [1.807, 2.05) is 6.07 Å². The van der Waals surface area contributed by atoms with Gasteiger partial charge in [0.1, 0.15) is 21.7 Å². The normalized spacial score (nSPS) is 10.7. The zero-order chi connectivity index (χ0) is 11.3. The summed E-state index contributed by atoms with van der Waals surface area (Å²) < 4.78 is 21.6. The molecule has 6 nitrogen and oxygen atoms in total. The molecule has 0 spiro atoms. The number of rotatable bonds is 4. The second-order valence-electron chi connectivity index (χ2n) is 2.96. The lowest BCUT2D eigenvalue weighted by atomic mass is 10.5. The maximum absolute atomic E-state index is 10.8. The summed E-state index contributed by atoms with van der Waals surface area (Å²) in [6.07, 6.45) is 3.88. The monoisotopic (exact) mass is 226 g/mol. The third-order valence-corrected chi connectivity index (χ3v) is 2.49. The predicted molar refractivity (Wildman–Crippen MR) is 54.9 cm³/mol. The number of anilines is 1. The van der Waals surface area contributed by atoms with Crippen molar-refractivity contribution in [2.45, 2.75) is 0 Å². The van der Waals surface area contributed by atoms with Crippen molar-refractivity contribution in [1.29, 1.82) is 5.26 Å². The van der Waals surface area contributed by atoms with Gasteiger partial charge in [-0.15, -0.1) is 0 Å². The lowest BCUT2D eigenvalue weighted by Gasteiger charge is -2.03. The second kappa shape index (κ2) is 4.70. The molecule has 1 rings (SSSR count). The van der Waals surface area contributed by atoms with Crippen molar-refractivity contribution in [2.75, 3.05) is 23.9 Å². The van der Waals surface area contributed by atoms with E-state index >= 15 is 0 Å². The molecule has 15 heavy (non-hydrogen) atoms. The van der Waals surface area contributed by atoms with Crippen molar-refractivity contribution in [2.24, 2.45) is 0 Å². The molecule has 1 heterocycles. The van der Waals surface area contributed by atoms with Gasteiger partial charge in [-0.1, -0.05) is 0 Å². The van der Waals surface area contributed by atoms with Crippen LogP contribution in [0.2, 0.25) is 0 Å². The van der Waals surface area contributed by atoms with Crippen LogP contribution in [-0.4, -0.2) is 36.9 Å². The van der Waals surface area contributed by atoms with Crippen LogP contribution in [0.3, 0.4) is 0 Å². The van der Waals surface area contributed by atoms with Gasteiger partial charge in [0, 0.05) is 12.8 Å². The molecule has 0 aromatic carbocycles. The summed E-state index contributed by atoms with van der Waals surface area (Å²) in [5.41, 5.74) is 0.226. The minimum atomic E-state index is -2.97. The van der Waals surface area contributed by atoms with Crippen LogP contribution in [0.25, 0.3) is 0 Å². The Morgan fingerprint density at radius 1 is 1.47 bits per heavy atom. The molecule has 0 aliphatic heterocycles. The Labute approximate surface area is 87.9 Å². The Bertz CT molecular complexity index is 460. The van der Waals surface area contributed by atoms with Crippen molar-refractivity contribution in [3.8, 4) is 6.07 Å². The quantitative estimate of drug-likeness (QED) is 0.764. The summed E-state index contributed by atoms with van der Waals surface area (Å²) in [4.78, 5) is 7.65. The minimum absolute atomic E-state index is 0.0364. The molecule has 0 radical (unpaired) electrons. The summed E-state index contributed by atoms with van der Waals surface area (Å²) in [5.74, 6) is 0.493. The Kier molecular flexibility index (Phi) is 3.57. The maximum atomic E-state index is 10.8. The van der Waals surface area contributed by atoms with E-state index in [2.05, 4.69) is 15.3 Å². The van der Waals surface area contributed by atoms with Gasteiger partial charge in [0.15, 0.2) is 5.69 Å². The number of nitriles is 1. The highest BCUT2D eigenvalue weighted by Crippen LogP contribution is 1.99. The van der Waals surface area contributed by atoms with Crippen molar-refractivity contribution < 1.29 is 8.42 Å². The van der Waals surface area contributed by atoms with E-state index in [9.17, 15) is 8.42 Å². The van der Waals surface area contributed by atoms with E-state index in [0.717, 1.165) is 0 Å². The number of nitrogens with one attached hydrogen (secondary N) is 1. The molecule has 0 saturated carbocycles. The Hall–Kier alpha value is -1.68. The van der Waals surface area contributed by atoms with Crippen molar-refractivity contribution >= 4 is 15.7 Å². The SMILES string of the molecule is CS(=O)(=O)CCNc1cnc(C#N)cn1. The van der Waals surface area contributed by atoms with E-state index in [4.69, 9.17) is 5.26 Å². The first-order chi connectivity index (χ1) is 7.01. The van der Waals surface area contributed by atoms with Gasteiger partial charge in [0.25, 0.3) is 0 Å². The number of hydrogen-bond acceptors (Lipinski definition) is 6. The standard InChI is InChI=1S/C8H10N4O2S/c1-15(13,14)3-2-10-8-6-11-7(4-9)5-12-8/h5-6H,2-3H2,1H3,(H,10,12). The average molecular weight is 226 g/mol. The molecule has 0 aliphatic carbocycles. The van der Waals surface area contributed by atoms with Crippen molar-refractivity contribution in [3.05, 3.63) is 18.1 Å². The van der Waals surface area contributed by atoms with Crippen LogP contribution in [0.1, 0.15) is 5.69 Å². The number of hydrogen-bond donors (Lipinski definition) is 1. The van der Waals surface area contributed by atoms with E-state index in [-0.39, 0.29) is 18.0 Å². The highest BCUT2D eigenvalue weighted by Gasteiger charge is 2.01. The van der Waals surface area contributed by atoms with Crippen molar-refractivity contribution in [3.63, 3.8) is 0 Å². The van der Waals surface area contributed by atoms with E-state index in [1.165, 1.54) is 18.6 Å². The maximum Gasteiger partial charge on any atom is 0.158 e. The van der Waals surface area contributed by atoms with Crippen LogP contribution in [-0.2, 0) is 9.84 Å². The molecule has 0 saturated heterocycles. The summed E-state index contributed by atoms with van der Waals surface area (Å²) in [7, 11) is -2.97. The van der Waals surface area contributed by atoms with Gasteiger partial charge in [-0.05, 0) is 0 Å². The molecular formula is C8H10N4O2S. The van der Waals surface area contributed by atoms with E-state index < -0.39 is 9.84 Å². The lowest BCUT2D eigenvalue weighted by Crippen LogP contribution is -2.14. The fourth-order valence-electron chi connectivity index (χ4n) is 0.842. The first-order valence-corrected chi connectivity index (χ1v) is 6.21. The zero-order valence-electron chi connectivity index (χ0n) is 8.14. The zero-order valence-corrected chi connectivity index (χ0v) is 8.95. The van der Waals surface area contributed by atoms with Crippen LogP contribution >= 0.6 is 0 Å². The third-order valence-electron chi connectivity index (χ3n) is 1.55. The molecule has 1 aromatic rings. The average Bonchev–Trinajstić information content (AvgIpc) is 2.17. The molecule has 7 heteroatoms. The number of sulfone groups is 1. The Morgan fingerprint density at radius 3 is 2.67 bits per heavy atom. The lowest BCUT2D eigenvalue weighted by molar-refractivity contribution is 0.602. The smallest absolute Gasteiger partial charge is 0.158 e. The largest absolute Gasteiger partial charge is 0.368 e. The fraction of sp³-hybridized carbons (Fsp3) is 0.375. The van der Waals surface area contributed by atoms with Crippen LogP contribution in [0.15, 0.2) is 12.4 Å². The van der Waals surface area contributed by atoms with Crippen LogP contribution in [0.4, 0.5) is 5.82 Å². The molecular weight excluding hydrogens is 216 g/mol. The van der Waals surface area contributed by atoms with Gasteiger partial charge in [-0.25, -0.2) is 18.4 Å². The first-order valence-electron chi connectivity index (χ1n) is 4.15. The van der Waals surface area contributed by atoms with Gasteiger partial charge in [0.05, 0.1) is 18.1 Å². The molecule has 0 atom stereocenters.